The molecule has 0 aliphatic heterocycles. The van der Waals surface area contributed by atoms with Crippen LogP contribution in [0.15, 0.2) is 30.3 Å². The Kier molecular flexibility index (Phi) is 5.32. The first-order valence-corrected chi connectivity index (χ1v) is 5.78. The van der Waals surface area contributed by atoms with Gasteiger partial charge in [-0.15, -0.1) is 0 Å². The zero-order valence-corrected chi connectivity index (χ0v) is 10.7. The Bertz CT molecular complexity index is 404. The van der Waals surface area contributed by atoms with Gasteiger partial charge in [-0.05, 0) is 12.0 Å². The van der Waals surface area contributed by atoms with E-state index in [1.165, 1.54) is 4.90 Å². The summed E-state index contributed by atoms with van der Waals surface area (Å²) < 4.78 is 0. The summed E-state index contributed by atoms with van der Waals surface area (Å²) in [5, 5.41) is 2.53. The van der Waals surface area contributed by atoms with E-state index in [0.29, 0.717) is 6.42 Å². The van der Waals surface area contributed by atoms with Gasteiger partial charge in [0.15, 0.2) is 0 Å². The molecule has 18 heavy (non-hydrogen) atoms. The lowest BCUT2D eigenvalue weighted by atomic mass is 10.1. The minimum Gasteiger partial charge on any atom is -0.347 e. The van der Waals surface area contributed by atoms with Crippen LogP contribution in [0.3, 0.4) is 0 Å². The van der Waals surface area contributed by atoms with E-state index in [1.807, 2.05) is 30.3 Å². The van der Waals surface area contributed by atoms with E-state index in [1.54, 1.807) is 14.1 Å². The molecule has 0 aromatic heterocycles. The fraction of sp³-hybridized carbons (Fsp3) is 0.385. The van der Waals surface area contributed by atoms with Gasteiger partial charge >= 0.3 is 0 Å². The second kappa shape index (κ2) is 6.76. The lowest BCUT2D eigenvalue weighted by molar-refractivity contribution is -0.131. The highest BCUT2D eigenvalue weighted by molar-refractivity contribution is 5.87. The molecule has 5 heteroatoms. The number of nitrogens with two attached hydrogens (primary N) is 1. The van der Waals surface area contributed by atoms with Crippen molar-refractivity contribution in [3.8, 4) is 0 Å². The van der Waals surface area contributed by atoms with E-state index in [9.17, 15) is 9.59 Å². The molecule has 0 fully saturated rings. The third-order valence-electron chi connectivity index (χ3n) is 2.55. The predicted octanol–water partition coefficient (Wildman–Crippen LogP) is -0.239. The van der Waals surface area contributed by atoms with Crippen molar-refractivity contribution in [1.82, 2.24) is 10.2 Å². The first kappa shape index (κ1) is 14.2. The van der Waals surface area contributed by atoms with Crippen molar-refractivity contribution in [1.29, 1.82) is 0 Å². The molecule has 0 heterocycles. The van der Waals surface area contributed by atoms with Gasteiger partial charge in [-0.3, -0.25) is 9.59 Å². The Labute approximate surface area is 107 Å². The predicted molar refractivity (Wildman–Crippen MR) is 69.8 cm³/mol. The Morgan fingerprint density at radius 3 is 2.44 bits per heavy atom. The molecule has 5 nitrogen and oxygen atoms in total. The summed E-state index contributed by atoms with van der Waals surface area (Å²) in [6, 6.07) is 8.90. The minimum atomic E-state index is -0.637. The van der Waals surface area contributed by atoms with Crippen LogP contribution in [0.5, 0.6) is 0 Å². The quantitative estimate of drug-likeness (QED) is 0.756. The Balaban J connectivity index is 2.40. The molecular weight excluding hydrogens is 230 g/mol. The van der Waals surface area contributed by atoms with Gasteiger partial charge in [0.2, 0.25) is 11.8 Å². The smallest absolute Gasteiger partial charge is 0.241 e. The van der Waals surface area contributed by atoms with Gasteiger partial charge in [0.1, 0.15) is 0 Å². The molecular formula is C13H19N3O2. The molecule has 3 N–H and O–H groups in total. The van der Waals surface area contributed by atoms with Crippen molar-refractivity contribution in [2.45, 2.75) is 12.5 Å². The largest absolute Gasteiger partial charge is 0.347 e. The fourth-order valence-corrected chi connectivity index (χ4v) is 1.41. The molecule has 1 aromatic rings. The molecule has 0 radical (unpaired) electrons. The van der Waals surface area contributed by atoms with Crippen LogP contribution in [-0.2, 0) is 16.0 Å². The zero-order valence-electron chi connectivity index (χ0n) is 10.7. The molecule has 0 saturated carbocycles. The van der Waals surface area contributed by atoms with E-state index < -0.39 is 6.04 Å². The van der Waals surface area contributed by atoms with Crippen molar-refractivity contribution in [2.24, 2.45) is 5.73 Å². The van der Waals surface area contributed by atoms with Gasteiger partial charge in [0.05, 0.1) is 12.6 Å². The fourth-order valence-electron chi connectivity index (χ4n) is 1.41. The Morgan fingerprint density at radius 2 is 1.89 bits per heavy atom. The van der Waals surface area contributed by atoms with E-state index in [-0.39, 0.29) is 18.4 Å². The summed E-state index contributed by atoms with van der Waals surface area (Å²) in [7, 11) is 3.27. The topological polar surface area (TPSA) is 75.4 Å². The lowest BCUT2D eigenvalue weighted by Gasteiger charge is -2.14. The van der Waals surface area contributed by atoms with Crippen LogP contribution >= 0.6 is 0 Å². The summed E-state index contributed by atoms with van der Waals surface area (Å²) >= 11 is 0. The van der Waals surface area contributed by atoms with Crippen LogP contribution < -0.4 is 11.1 Å². The number of benzene rings is 1. The van der Waals surface area contributed by atoms with E-state index in [4.69, 9.17) is 5.73 Å². The summed E-state index contributed by atoms with van der Waals surface area (Å²) in [6.07, 6.45) is 0.461. The number of nitrogens with zero attached hydrogens (tertiary/aromatic N) is 1. The Hall–Kier alpha value is -1.88. The van der Waals surface area contributed by atoms with Crippen LogP contribution in [0.1, 0.15) is 5.56 Å². The first-order chi connectivity index (χ1) is 8.50. The number of hydrogen-bond donors (Lipinski definition) is 2. The molecule has 98 valence electrons. The number of amides is 2. The van der Waals surface area contributed by atoms with Crippen LogP contribution in [-0.4, -0.2) is 43.4 Å². The average molecular weight is 249 g/mol. The SMILES string of the molecule is CN(C)C(=O)CNC(=O)[C@H](N)Cc1ccccc1. The van der Waals surface area contributed by atoms with E-state index in [2.05, 4.69) is 5.32 Å². The van der Waals surface area contributed by atoms with Crippen molar-refractivity contribution in [2.75, 3.05) is 20.6 Å². The molecule has 1 aromatic carbocycles. The standard InChI is InChI=1S/C13H19N3O2/c1-16(2)12(17)9-15-13(18)11(14)8-10-6-4-3-5-7-10/h3-7,11H,8-9,14H2,1-2H3,(H,15,18)/t11-/m1/s1. The molecule has 2 amide bonds. The van der Waals surface area contributed by atoms with Crippen molar-refractivity contribution in [3.63, 3.8) is 0 Å². The molecule has 0 spiro atoms. The summed E-state index contributed by atoms with van der Waals surface area (Å²) in [5.41, 5.74) is 6.77. The Morgan fingerprint density at radius 1 is 1.28 bits per heavy atom. The van der Waals surface area contributed by atoms with Gasteiger partial charge in [-0.1, -0.05) is 30.3 Å². The number of nitrogens with one attached hydrogen (secondary N) is 1. The van der Waals surface area contributed by atoms with Gasteiger partial charge in [0, 0.05) is 14.1 Å². The number of likely N-dealkylation sites (N-methyl/N-ethyl adjacent to an activating group) is 1. The van der Waals surface area contributed by atoms with Crippen LogP contribution in [0, 0.1) is 0 Å². The van der Waals surface area contributed by atoms with Gasteiger partial charge < -0.3 is 16.0 Å². The van der Waals surface area contributed by atoms with Gasteiger partial charge in [0.25, 0.3) is 0 Å². The highest BCUT2D eigenvalue weighted by Crippen LogP contribution is 2.01. The van der Waals surface area contributed by atoms with Crippen LogP contribution in [0.2, 0.25) is 0 Å². The zero-order chi connectivity index (χ0) is 13.5. The average Bonchev–Trinajstić information content (AvgIpc) is 2.36. The molecule has 0 bridgehead atoms. The number of rotatable bonds is 5. The normalized spacial score (nSPS) is 11.7. The maximum atomic E-state index is 11.7. The van der Waals surface area contributed by atoms with Crippen LogP contribution in [0.25, 0.3) is 0 Å². The maximum Gasteiger partial charge on any atom is 0.241 e. The minimum absolute atomic E-state index is 0.0195. The second-order valence-electron chi connectivity index (χ2n) is 4.30. The van der Waals surface area contributed by atoms with Crippen molar-refractivity contribution in [3.05, 3.63) is 35.9 Å². The van der Waals surface area contributed by atoms with E-state index in [0.717, 1.165) is 5.56 Å². The molecule has 0 aliphatic carbocycles. The number of hydrogen-bond acceptors (Lipinski definition) is 3. The molecule has 1 rings (SSSR count). The molecule has 0 saturated heterocycles. The molecule has 1 atom stereocenters. The number of carbonyl (C=O) groups excluding carboxylic acids is 2. The van der Waals surface area contributed by atoms with Gasteiger partial charge in [-0.2, -0.15) is 0 Å². The molecule has 0 unspecified atom stereocenters. The maximum absolute atomic E-state index is 11.7. The van der Waals surface area contributed by atoms with Crippen molar-refractivity contribution < 1.29 is 9.59 Å². The third kappa shape index (κ3) is 4.55. The van der Waals surface area contributed by atoms with E-state index >= 15 is 0 Å². The second-order valence-corrected chi connectivity index (χ2v) is 4.30. The molecule has 0 aliphatic rings. The summed E-state index contributed by atoms with van der Waals surface area (Å²) in [5.74, 6) is -0.468. The van der Waals surface area contributed by atoms with Crippen LogP contribution in [0.4, 0.5) is 0 Å². The summed E-state index contributed by atoms with van der Waals surface area (Å²) in [6.45, 7) is -0.0195. The van der Waals surface area contributed by atoms with Crippen molar-refractivity contribution >= 4 is 11.8 Å². The highest BCUT2D eigenvalue weighted by atomic mass is 16.2. The lowest BCUT2D eigenvalue weighted by Crippen LogP contribution is -2.45. The monoisotopic (exact) mass is 249 g/mol. The third-order valence-corrected chi connectivity index (χ3v) is 2.55. The summed E-state index contributed by atoms with van der Waals surface area (Å²) in [4.78, 5) is 24.4. The van der Waals surface area contributed by atoms with Gasteiger partial charge in [-0.25, -0.2) is 0 Å². The highest BCUT2D eigenvalue weighted by Gasteiger charge is 2.15. The first-order valence-electron chi connectivity index (χ1n) is 5.78. The number of carbonyl (C=O) groups is 2.